The summed E-state index contributed by atoms with van der Waals surface area (Å²) in [6.45, 7) is 1.67. The Morgan fingerprint density at radius 1 is 1.07 bits per heavy atom. The van der Waals surface area contributed by atoms with Crippen molar-refractivity contribution in [2.45, 2.75) is 24.2 Å². The zero-order valence-corrected chi connectivity index (χ0v) is 15.3. The number of alkyl halides is 3. The molecule has 1 unspecified atom stereocenters. The van der Waals surface area contributed by atoms with Crippen molar-refractivity contribution in [3.8, 4) is 5.75 Å². The standard InChI is InChI=1S/C17H15F3N4O3S/c1-11-21-16(23-22-11)15(12-5-3-2-4-6-12)24-28(25,26)14-9-7-13(8-10-14)27-17(18,19)20/h2-10,15,24H,1H3,(H,21,22,23). The van der Waals surface area contributed by atoms with Gasteiger partial charge in [-0.25, -0.2) is 13.4 Å². The van der Waals surface area contributed by atoms with E-state index in [4.69, 9.17) is 0 Å². The molecule has 2 aromatic carbocycles. The highest BCUT2D eigenvalue weighted by atomic mass is 32.2. The predicted molar refractivity (Wildman–Crippen MR) is 92.9 cm³/mol. The summed E-state index contributed by atoms with van der Waals surface area (Å²) >= 11 is 0. The molecular weight excluding hydrogens is 397 g/mol. The number of nitrogens with zero attached hydrogens (tertiary/aromatic N) is 2. The third-order valence-electron chi connectivity index (χ3n) is 3.65. The van der Waals surface area contributed by atoms with Crippen LogP contribution >= 0.6 is 0 Å². The molecule has 148 valence electrons. The topological polar surface area (TPSA) is 97.0 Å². The number of nitrogens with one attached hydrogen (secondary N) is 2. The lowest BCUT2D eigenvalue weighted by atomic mass is 10.1. The molecule has 1 atom stereocenters. The van der Waals surface area contributed by atoms with E-state index in [9.17, 15) is 21.6 Å². The number of sulfonamides is 1. The lowest BCUT2D eigenvalue weighted by molar-refractivity contribution is -0.274. The number of aromatic amines is 1. The van der Waals surface area contributed by atoms with Gasteiger partial charge < -0.3 is 4.74 Å². The molecule has 0 saturated heterocycles. The minimum atomic E-state index is -4.86. The Kier molecular flexibility index (Phi) is 5.38. The van der Waals surface area contributed by atoms with Gasteiger partial charge in [0.15, 0.2) is 5.82 Å². The average molecular weight is 412 g/mol. The molecule has 0 amide bonds. The van der Waals surface area contributed by atoms with Crippen molar-refractivity contribution in [1.29, 1.82) is 0 Å². The summed E-state index contributed by atoms with van der Waals surface area (Å²) in [5.74, 6) is 0.198. The van der Waals surface area contributed by atoms with Crippen molar-refractivity contribution in [3.05, 3.63) is 71.8 Å². The maximum Gasteiger partial charge on any atom is 0.573 e. The fourth-order valence-electron chi connectivity index (χ4n) is 2.45. The van der Waals surface area contributed by atoms with E-state index >= 15 is 0 Å². The summed E-state index contributed by atoms with van der Waals surface area (Å²) < 4.78 is 68.5. The summed E-state index contributed by atoms with van der Waals surface area (Å²) in [5.41, 5.74) is 0.599. The highest BCUT2D eigenvalue weighted by molar-refractivity contribution is 7.89. The second-order valence-electron chi connectivity index (χ2n) is 5.76. The van der Waals surface area contributed by atoms with E-state index in [2.05, 4.69) is 24.6 Å². The van der Waals surface area contributed by atoms with E-state index in [1.165, 1.54) is 0 Å². The molecule has 2 N–H and O–H groups in total. The van der Waals surface area contributed by atoms with Crippen LogP contribution in [0, 0.1) is 6.92 Å². The van der Waals surface area contributed by atoms with Crippen LogP contribution in [0.1, 0.15) is 23.3 Å². The number of ether oxygens (including phenoxy) is 1. The van der Waals surface area contributed by atoms with Gasteiger partial charge in [0.05, 0.1) is 4.90 Å². The Bertz CT molecular complexity index is 1040. The minimum absolute atomic E-state index is 0.212. The molecule has 0 spiro atoms. The number of hydrogen-bond acceptors (Lipinski definition) is 5. The van der Waals surface area contributed by atoms with Gasteiger partial charge in [-0.2, -0.15) is 9.82 Å². The molecule has 0 radical (unpaired) electrons. The zero-order chi connectivity index (χ0) is 20.4. The van der Waals surface area contributed by atoms with Crippen molar-refractivity contribution >= 4 is 10.0 Å². The van der Waals surface area contributed by atoms with E-state index < -0.39 is 28.2 Å². The number of aryl methyl sites for hydroxylation is 1. The van der Waals surface area contributed by atoms with Gasteiger partial charge in [0.1, 0.15) is 17.6 Å². The summed E-state index contributed by atoms with van der Waals surface area (Å²) in [7, 11) is -4.09. The third kappa shape index (κ3) is 4.87. The van der Waals surface area contributed by atoms with Crippen molar-refractivity contribution < 1.29 is 26.3 Å². The summed E-state index contributed by atoms with van der Waals surface area (Å²) in [4.78, 5) is 3.95. The highest BCUT2D eigenvalue weighted by Gasteiger charge is 2.31. The van der Waals surface area contributed by atoms with Crippen LogP contribution in [0.3, 0.4) is 0 Å². The van der Waals surface area contributed by atoms with Crippen LogP contribution in [0.2, 0.25) is 0 Å². The lowest BCUT2D eigenvalue weighted by Gasteiger charge is -2.17. The SMILES string of the molecule is Cc1nc(C(NS(=O)(=O)c2ccc(OC(F)(F)F)cc2)c2ccccc2)n[nH]1. The molecule has 0 fully saturated rings. The Morgan fingerprint density at radius 3 is 2.25 bits per heavy atom. The fourth-order valence-corrected chi connectivity index (χ4v) is 3.63. The van der Waals surface area contributed by atoms with E-state index in [1.807, 2.05) is 0 Å². The normalized spacial score (nSPS) is 13.3. The number of aromatic nitrogens is 3. The number of H-pyrrole nitrogens is 1. The second-order valence-corrected chi connectivity index (χ2v) is 7.48. The molecule has 1 aromatic heterocycles. The van der Waals surface area contributed by atoms with Gasteiger partial charge in [0.25, 0.3) is 0 Å². The summed E-state index contributed by atoms with van der Waals surface area (Å²) in [6, 6.07) is 11.7. The van der Waals surface area contributed by atoms with Crippen molar-refractivity contribution in [2.75, 3.05) is 0 Å². The fraction of sp³-hybridized carbons (Fsp3) is 0.176. The lowest BCUT2D eigenvalue weighted by Crippen LogP contribution is -2.30. The number of benzene rings is 2. The monoisotopic (exact) mass is 412 g/mol. The van der Waals surface area contributed by atoms with Crippen LogP contribution in [-0.4, -0.2) is 30.0 Å². The molecule has 0 bridgehead atoms. The Morgan fingerprint density at radius 2 is 1.71 bits per heavy atom. The molecule has 0 aliphatic rings. The van der Waals surface area contributed by atoms with Crippen LogP contribution in [0.5, 0.6) is 5.75 Å². The first-order valence-electron chi connectivity index (χ1n) is 7.96. The Balaban J connectivity index is 1.89. The van der Waals surface area contributed by atoms with Gasteiger partial charge >= 0.3 is 6.36 Å². The van der Waals surface area contributed by atoms with E-state index in [-0.39, 0.29) is 10.7 Å². The molecule has 0 saturated carbocycles. The maximum absolute atomic E-state index is 12.8. The van der Waals surface area contributed by atoms with Crippen LogP contribution in [-0.2, 0) is 10.0 Å². The number of halogens is 3. The maximum atomic E-state index is 12.8. The van der Waals surface area contributed by atoms with Crippen LogP contribution in [0.25, 0.3) is 0 Å². The van der Waals surface area contributed by atoms with Crippen molar-refractivity contribution in [2.24, 2.45) is 0 Å². The largest absolute Gasteiger partial charge is 0.573 e. The second kappa shape index (κ2) is 7.60. The highest BCUT2D eigenvalue weighted by Crippen LogP contribution is 2.26. The molecule has 0 aliphatic carbocycles. The molecule has 1 heterocycles. The summed E-state index contributed by atoms with van der Waals surface area (Å²) in [6.07, 6.45) is -4.86. The number of hydrogen-bond donors (Lipinski definition) is 2. The van der Waals surface area contributed by atoms with Crippen molar-refractivity contribution in [3.63, 3.8) is 0 Å². The van der Waals surface area contributed by atoms with Gasteiger partial charge in [0, 0.05) is 0 Å². The molecule has 3 aromatic rings. The van der Waals surface area contributed by atoms with Gasteiger partial charge in [0.2, 0.25) is 10.0 Å². The first-order valence-corrected chi connectivity index (χ1v) is 9.44. The molecular formula is C17H15F3N4O3S. The Hall–Kier alpha value is -2.92. The van der Waals surface area contributed by atoms with E-state index in [0.29, 0.717) is 11.4 Å². The zero-order valence-electron chi connectivity index (χ0n) is 14.4. The molecule has 11 heteroatoms. The minimum Gasteiger partial charge on any atom is -0.406 e. The molecule has 0 aliphatic heterocycles. The molecule has 7 nitrogen and oxygen atoms in total. The van der Waals surface area contributed by atoms with Crippen LogP contribution in [0.4, 0.5) is 13.2 Å². The van der Waals surface area contributed by atoms with Gasteiger partial charge in [-0.1, -0.05) is 30.3 Å². The first-order chi connectivity index (χ1) is 13.1. The van der Waals surface area contributed by atoms with Gasteiger partial charge in [-0.15, -0.1) is 13.2 Å². The van der Waals surface area contributed by atoms with Crippen LogP contribution in [0.15, 0.2) is 59.5 Å². The van der Waals surface area contributed by atoms with Crippen molar-refractivity contribution in [1.82, 2.24) is 19.9 Å². The van der Waals surface area contributed by atoms with E-state index in [0.717, 1.165) is 24.3 Å². The quantitative estimate of drug-likeness (QED) is 0.649. The van der Waals surface area contributed by atoms with E-state index in [1.54, 1.807) is 37.3 Å². The van der Waals surface area contributed by atoms with Gasteiger partial charge in [-0.05, 0) is 36.8 Å². The van der Waals surface area contributed by atoms with Gasteiger partial charge in [-0.3, -0.25) is 5.10 Å². The van der Waals surface area contributed by atoms with Crippen LogP contribution < -0.4 is 9.46 Å². The Labute approximate surface area is 158 Å². The average Bonchev–Trinajstić information content (AvgIpc) is 3.06. The first kappa shape index (κ1) is 19.8. The third-order valence-corrected chi connectivity index (χ3v) is 5.08. The molecule has 3 rings (SSSR count). The summed E-state index contributed by atoms with van der Waals surface area (Å²) in [5, 5.41) is 6.67. The molecule has 28 heavy (non-hydrogen) atoms. The smallest absolute Gasteiger partial charge is 0.406 e. The number of rotatable bonds is 6. The predicted octanol–water partition coefficient (Wildman–Crippen LogP) is 3.08.